The van der Waals surface area contributed by atoms with Crippen LogP contribution in [0.15, 0.2) is 170 Å². The van der Waals surface area contributed by atoms with Gasteiger partial charge in [-0.05, 0) is 53.9 Å². The fraction of sp³-hybridized carbons (Fsp3) is 0. The summed E-state index contributed by atoms with van der Waals surface area (Å²) in [6.07, 6.45) is 0. The van der Waals surface area contributed by atoms with E-state index in [9.17, 15) is 0 Å². The molecule has 13 rings (SSSR count). The van der Waals surface area contributed by atoms with Crippen LogP contribution >= 0.6 is 11.3 Å². The van der Waals surface area contributed by atoms with Crippen LogP contribution < -0.4 is 0 Å². The topological polar surface area (TPSA) is 35.1 Å². The van der Waals surface area contributed by atoms with Gasteiger partial charge in [0.15, 0.2) is 5.82 Å². The molecular formula is C50H28N4S. The largest absolute Gasteiger partial charge is 0.309 e. The summed E-state index contributed by atoms with van der Waals surface area (Å²) >= 11 is 1.77. The second-order valence-corrected chi connectivity index (χ2v) is 15.6. The second-order valence-electron chi connectivity index (χ2n) is 14.5. The lowest BCUT2D eigenvalue weighted by Gasteiger charge is -2.12. The molecule has 0 saturated carbocycles. The lowest BCUT2D eigenvalue weighted by Crippen LogP contribution is -1.96. The quantitative estimate of drug-likeness (QED) is 0.182. The number of hydrogen-bond acceptors (Lipinski definition) is 3. The number of rotatable bonds is 3. The highest BCUT2D eigenvalue weighted by molar-refractivity contribution is 7.26. The van der Waals surface area contributed by atoms with Crippen LogP contribution in [-0.2, 0) is 0 Å². The SMILES string of the molecule is c1ccc(-c2nc(-c3ccc(-n4c5cc6c7ccccc7n7c8ccccc8c(c5c5ccc8ccccc8c54)c67)cc3)nc3c2sc2ccccc23)cc1. The zero-order valence-electron chi connectivity index (χ0n) is 29.4. The predicted octanol–water partition coefficient (Wildman–Crippen LogP) is 13.6. The Morgan fingerprint density at radius 3 is 1.96 bits per heavy atom. The summed E-state index contributed by atoms with van der Waals surface area (Å²) < 4.78 is 7.31. The molecule has 0 saturated heterocycles. The molecule has 5 heteroatoms. The molecule has 0 amide bonds. The molecule has 0 bridgehead atoms. The first-order valence-corrected chi connectivity index (χ1v) is 19.5. The fourth-order valence-corrected chi connectivity index (χ4v) is 10.5. The van der Waals surface area contributed by atoms with Gasteiger partial charge < -0.3 is 8.97 Å². The molecule has 0 radical (unpaired) electrons. The van der Waals surface area contributed by atoms with Crippen molar-refractivity contribution in [1.82, 2.24) is 18.9 Å². The van der Waals surface area contributed by atoms with Crippen molar-refractivity contribution < 1.29 is 0 Å². The summed E-state index contributed by atoms with van der Waals surface area (Å²) in [5, 5.41) is 11.3. The first-order chi connectivity index (χ1) is 27.3. The fourth-order valence-electron chi connectivity index (χ4n) is 9.31. The Bertz CT molecular complexity index is 3700. The third-order valence-electron chi connectivity index (χ3n) is 11.6. The van der Waals surface area contributed by atoms with Crippen molar-refractivity contribution in [2.75, 3.05) is 0 Å². The number of nitrogens with zero attached hydrogens (tertiary/aromatic N) is 4. The smallest absolute Gasteiger partial charge is 0.160 e. The highest BCUT2D eigenvalue weighted by Gasteiger charge is 2.25. The van der Waals surface area contributed by atoms with Crippen LogP contribution in [0.25, 0.3) is 119 Å². The number of fused-ring (bicyclic) bond motifs is 15. The van der Waals surface area contributed by atoms with Crippen LogP contribution in [0.2, 0.25) is 0 Å². The average molecular weight is 717 g/mol. The van der Waals surface area contributed by atoms with Gasteiger partial charge in [-0.15, -0.1) is 11.3 Å². The molecule has 0 fully saturated rings. The van der Waals surface area contributed by atoms with E-state index in [2.05, 4.69) is 179 Å². The maximum absolute atomic E-state index is 5.27. The third-order valence-corrected chi connectivity index (χ3v) is 12.8. The van der Waals surface area contributed by atoms with E-state index >= 15 is 0 Å². The molecule has 4 nitrogen and oxygen atoms in total. The molecule has 254 valence electrons. The van der Waals surface area contributed by atoms with Crippen molar-refractivity contribution >= 4 is 102 Å². The number of para-hydroxylation sites is 2. The van der Waals surface area contributed by atoms with Crippen molar-refractivity contribution in [1.29, 1.82) is 0 Å². The van der Waals surface area contributed by atoms with E-state index in [0.29, 0.717) is 0 Å². The van der Waals surface area contributed by atoms with Crippen molar-refractivity contribution in [2.45, 2.75) is 0 Å². The Hall–Kier alpha value is -7.08. The average Bonchev–Trinajstić information content (AvgIpc) is 3.99. The Labute approximate surface area is 318 Å². The molecule has 5 aromatic heterocycles. The van der Waals surface area contributed by atoms with E-state index in [1.807, 2.05) is 0 Å². The van der Waals surface area contributed by atoms with Crippen molar-refractivity contribution in [3.63, 3.8) is 0 Å². The molecule has 0 spiro atoms. The zero-order valence-corrected chi connectivity index (χ0v) is 30.2. The first-order valence-electron chi connectivity index (χ1n) is 18.7. The lowest BCUT2D eigenvalue weighted by molar-refractivity contribution is 1.18. The molecule has 0 aliphatic carbocycles. The highest BCUT2D eigenvalue weighted by Crippen LogP contribution is 2.48. The van der Waals surface area contributed by atoms with E-state index in [1.165, 1.54) is 80.8 Å². The summed E-state index contributed by atoms with van der Waals surface area (Å²) in [4.78, 5) is 10.5. The van der Waals surface area contributed by atoms with Gasteiger partial charge in [0.2, 0.25) is 0 Å². The van der Waals surface area contributed by atoms with Gasteiger partial charge in [-0.1, -0.05) is 121 Å². The molecule has 8 aromatic carbocycles. The van der Waals surface area contributed by atoms with Gasteiger partial charge >= 0.3 is 0 Å². The van der Waals surface area contributed by atoms with Crippen LogP contribution in [0.4, 0.5) is 0 Å². The summed E-state index contributed by atoms with van der Waals surface area (Å²) in [6.45, 7) is 0. The minimum Gasteiger partial charge on any atom is -0.309 e. The maximum Gasteiger partial charge on any atom is 0.160 e. The normalized spacial score (nSPS) is 12.4. The summed E-state index contributed by atoms with van der Waals surface area (Å²) in [7, 11) is 0. The van der Waals surface area contributed by atoms with E-state index in [1.54, 1.807) is 11.3 Å². The van der Waals surface area contributed by atoms with E-state index in [-0.39, 0.29) is 0 Å². The molecule has 0 unspecified atom stereocenters. The van der Waals surface area contributed by atoms with Crippen LogP contribution in [0.3, 0.4) is 0 Å². The van der Waals surface area contributed by atoms with Gasteiger partial charge in [0.1, 0.15) is 0 Å². The molecule has 0 aliphatic heterocycles. The van der Waals surface area contributed by atoms with Gasteiger partial charge in [-0.3, -0.25) is 0 Å². The van der Waals surface area contributed by atoms with Gasteiger partial charge in [0.25, 0.3) is 0 Å². The predicted molar refractivity (Wildman–Crippen MR) is 232 cm³/mol. The number of aromatic nitrogens is 4. The van der Waals surface area contributed by atoms with E-state index in [4.69, 9.17) is 9.97 Å². The van der Waals surface area contributed by atoms with Crippen LogP contribution in [0.5, 0.6) is 0 Å². The number of hydrogen-bond donors (Lipinski definition) is 0. The Kier molecular flexibility index (Phi) is 5.74. The second kappa shape index (κ2) is 10.8. The Morgan fingerprint density at radius 1 is 0.436 bits per heavy atom. The van der Waals surface area contributed by atoms with Crippen molar-refractivity contribution in [3.05, 3.63) is 170 Å². The molecule has 13 aromatic rings. The van der Waals surface area contributed by atoms with Gasteiger partial charge in [-0.2, -0.15) is 0 Å². The first kappa shape index (κ1) is 29.4. The van der Waals surface area contributed by atoms with E-state index in [0.717, 1.165) is 38.5 Å². The highest BCUT2D eigenvalue weighted by atomic mass is 32.1. The molecule has 0 aliphatic rings. The summed E-state index contributed by atoms with van der Waals surface area (Å²) in [5.41, 5.74) is 11.4. The van der Waals surface area contributed by atoms with Crippen LogP contribution in [0, 0.1) is 0 Å². The Balaban J connectivity index is 1.11. The maximum atomic E-state index is 5.27. The lowest BCUT2D eigenvalue weighted by atomic mass is 10.0. The van der Waals surface area contributed by atoms with Gasteiger partial charge in [0.05, 0.1) is 43.5 Å². The van der Waals surface area contributed by atoms with Crippen LogP contribution in [0.1, 0.15) is 0 Å². The van der Waals surface area contributed by atoms with Gasteiger partial charge in [-0.25, -0.2) is 9.97 Å². The minimum atomic E-state index is 0.730. The van der Waals surface area contributed by atoms with Crippen LogP contribution in [-0.4, -0.2) is 18.9 Å². The standard InChI is InChI=1S/C50H28N4S/c1-2-13-30(14-3-1)45-49-46(36-18-8-11-21-42(36)55-49)52-50(51-45)31-22-25-32(26-23-31)53-41-28-38-34-16-6-9-19-39(34)54-40-20-10-7-17-35(40)44(48(38)54)43(41)37-27-24-29-12-4-5-15-33(29)47(37)53/h1-28H. The molecule has 55 heavy (non-hydrogen) atoms. The van der Waals surface area contributed by atoms with E-state index < -0.39 is 0 Å². The summed E-state index contributed by atoms with van der Waals surface area (Å²) in [6, 6.07) is 61.5. The third kappa shape index (κ3) is 3.89. The molecule has 0 atom stereocenters. The van der Waals surface area contributed by atoms with Crippen molar-refractivity contribution in [2.24, 2.45) is 0 Å². The van der Waals surface area contributed by atoms with Gasteiger partial charge in [0, 0.05) is 64.6 Å². The Morgan fingerprint density at radius 2 is 1.13 bits per heavy atom. The number of benzene rings is 8. The monoisotopic (exact) mass is 716 g/mol. The molecular weight excluding hydrogens is 689 g/mol. The molecule has 0 N–H and O–H groups in total. The molecule has 5 heterocycles. The summed E-state index contributed by atoms with van der Waals surface area (Å²) in [5.74, 6) is 0.730. The van der Waals surface area contributed by atoms with Crippen molar-refractivity contribution in [3.8, 4) is 28.3 Å². The zero-order chi connectivity index (χ0) is 35.8. The minimum absolute atomic E-state index is 0.730. The number of thiophene rings is 1.